The molecule has 8 nitrogen and oxygen atoms in total. The molecular weight excluding hydrogens is 370 g/mol. The number of fused-ring (bicyclic) bond motifs is 1. The van der Waals surface area contributed by atoms with Gasteiger partial charge in [-0.1, -0.05) is 5.16 Å². The first-order valence-corrected chi connectivity index (χ1v) is 9.57. The van der Waals surface area contributed by atoms with Crippen molar-refractivity contribution >= 4 is 11.0 Å². The molecule has 0 unspecified atom stereocenters. The highest BCUT2D eigenvalue weighted by atomic mass is 19.3. The Bertz CT molecular complexity index is 1080. The predicted molar refractivity (Wildman–Crippen MR) is 94.4 cm³/mol. The topological polar surface area (TPSA) is 102 Å². The lowest BCUT2D eigenvalue weighted by Crippen LogP contribution is -2.28. The van der Waals surface area contributed by atoms with Crippen molar-refractivity contribution in [3.63, 3.8) is 0 Å². The van der Waals surface area contributed by atoms with Crippen molar-refractivity contribution in [1.82, 2.24) is 29.9 Å². The molecule has 0 bridgehead atoms. The summed E-state index contributed by atoms with van der Waals surface area (Å²) in [6.07, 6.45) is 3.50. The van der Waals surface area contributed by atoms with Crippen LogP contribution in [-0.4, -0.2) is 35.8 Å². The summed E-state index contributed by atoms with van der Waals surface area (Å²) in [4.78, 5) is 24.4. The van der Waals surface area contributed by atoms with Crippen LogP contribution in [0.15, 0.2) is 15.5 Å². The van der Waals surface area contributed by atoms with Crippen LogP contribution in [0.3, 0.4) is 0 Å². The van der Waals surface area contributed by atoms with Gasteiger partial charge < -0.3 is 9.51 Å². The molecule has 148 valence electrons. The molecule has 0 spiro atoms. The standard InChI is InChI=1S/C18H20F2N6O2/c1-9-22-17(28-25-9)12-3-2-11(12)14-23-15-13(16(27)24-14)8-21-26(15)10-4-6-18(19,20)7-5-10/h8,10-12H,2-7H2,1H3,(H,23,24,27)/t11-,12+/m1/s1. The number of halogens is 2. The normalized spacial score (nSPS) is 25.1. The molecule has 2 atom stereocenters. The van der Waals surface area contributed by atoms with Gasteiger partial charge in [0.15, 0.2) is 11.5 Å². The van der Waals surface area contributed by atoms with Crippen LogP contribution in [0.4, 0.5) is 8.78 Å². The molecule has 0 radical (unpaired) electrons. The van der Waals surface area contributed by atoms with Crippen LogP contribution >= 0.6 is 0 Å². The van der Waals surface area contributed by atoms with Crippen molar-refractivity contribution in [3.8, 4) is 0 Å². The quantitative estimate of drug-likeness (QED) is 0.737. The number of rotatable bonds is 3. The number of hydrogen-bond donors (Lipinski definition) is 1. The molecule has 3 aromatic heterocycles. The van der Waals surface area contributed by atoms with Crippen molar-refractivity contribution in [2.75, 3.05) is 0 Å². The van der Waals surface area contributed by atoms with Gasteiger partial charge in [-0.05, 0) is 32.6 Å². The Morgan fingerprint density at radius 2 is 1.93 bits per heavy atom. The van der Waals surface area contributed by atoms with Gasteiger partial charge in [0.1, 0.15) is 11.2 Å². The molecule has 28 heavy (non-hydrogen) atoms. The third kappa shape index (κ3) is 2.82. The Morgan fingerprint density at radius 1 is 1.18 bits per heavy atom. The molecule has 2 aliphatic rings. The number of alkyl halides is 2. The second kappa shape index (κ2) is 6.18. The lowest BCUT2D eigenvalue weighted by molar-refractivity contribution is -0.0446. The molecule has 5 rings (SSSR count). The van der Waals surface area contributed by atoms with Crippen molar-refractivity contribution in [3.05, 3.63) is 34.1 Å². The first-order valence-electron chi connectivity index (χ1n) is 9.57. The molecule has 2 saturated carbocycles. The molecule has 0 aliphatic heterocycles. The Kier molecular flexibility index (Phi) is 3.85. The van der Waals surface area contributed by atoms with E-state index in [-0.39, 0.29) is 36.3 Å². The molecule has 0 amide bonds. The lowest BCUT2D eigenvalue weighted by Gasteiger charge is -2.33. The summed E-state index contributed by atoms with van der Waals surface area (Å²) in [6.45, 7) is 1.76. The maximum absolute atomic E-state index is 13.5. The highest BCUT2D eigenvalue weighted by Gasteiger charge is 2.40. The first kappa shape index (κ1) is 17.4. The number of hydrogen-bond acceptors (Lipinski definition) is 6. The number of nitrogens with zero attached hydrogens (tertiary/aromatic N) is 5. The molecule has 10 heteroatoms. The van der Waals surface area contributed by atoms with Crippen molar-refractivity contribution in [2.45, 2.75) is 69.2 Å². The Hall–Kier alpha value is -2.65. The first-order chi connectivity index (χ1) is 13.4. The smallest absolute Gasteiger partial charge is 0.262 e. The van der Waals surface area contributed by atoms with Crippen molar-refractivity contribution in [2.24, 2.45) is 0 Å². The minimum absolute atomic E-state index is 0.0176. The van der Waals surface area contributed by atoms with E-state index >= 15 is 0 Å². The van der Waals surface area contributed by atoms with E-state index in [2.05, 4.69) is 25.2 Å². The highest BCUT2D eigenvalue weighted by molar-refractivity contribution is 5.73. The van der Waals surface area contributed by atoms with E-state index in [0.29, 0.717) is 41.4 Å². The molecular formula is C18H20F2N6O2. The van der Waals surface area contributed by atoms with Gasteiger partial charge in [-0.2, -0.15) is 10.1 Å². The monoisotopic (exact) mass is 390 g/mol. The minimum Gasteiger partial charge on any atom is -0.339 e. The van der Waals surface area contributed by atoms with E-state index in [1.54, 1.807) is 11.6 Å². The van der Waals surface area contributed by atoms with Gasteiger partial charge in [-0.3, -0.25) is 4.79 Å². The van der Waals surface area contributed by atoms with Gasteiger partial charge in [-0.15, -0.1) is 0 Å². The number of nitrogens with one attached hydrogen (secondary N) is 1. The maximum atomic E-state index is 13.5. The van der Waals surface area contributed by atoms with Crippen LogP contribution in [0.1, 0.15) is 73.9 Å². The van der Waals surface area contributed by atoms with Gasteiger partial charge >= 0.3 is 0 Å². The zero-order valence-electron chi connectivity index (χ0n) is 15.4. The zero-order valence-corrected chi connectivity index (χ0v) is 15.4. The summed E-state index contributed by atoms with van der Waals surface area (Å²) >= 11 is 0. The fourth-order valence-electron chi connectivity index (χ4n) is 4.25. The summed E-state index contributed by atoms with van der Waals surface area (Å²) < 4.78 is 34.0. The average Bonchev–Trinajstić information content (AvgIpc) is 3.21. The van der Waals surface area contributed by atoms with E-state index < -0.39 is 5.92 Å². The summed E-state index contributed by atoms with van der Waals surface area (Å²) in [6, 6.07) is -0.171. The third-order valence-corrected chi connectivity index (χ3v) is 6.00. The van der Waals surface area contributed by atoms with Crippen LogP contribution in [0.5, 0.6) is 0 Å². The number of aromatic amines is 1. The largest absolute Gasteiger partial charge is 0.339 e. The fourth-order valence-corrected chi connectivity index (χ4v) is 4.25. The zero-order chi connectivity index (χ0) is 19.5. The van der Waals surface area contributed by atoms with Gasteiger partial charge in [0, 0.05) is 24.7 Å². The van der Waals surface area contributed by atoms with Crippen LogP contribution in [0, 0.1) is 6.92 Å². The number of aromatic nitrogens is 6. The molecule has 0 aromatic carbocycles. The van der Waals surface area contributed by atoms with Crippen LogP contribution < -0.4 is 5.56 Å². The van der Waals surface area contributed by atoms with E-state index in [9.17, 15) is 13.6 Å². The van der Waals surface area contributed by atoms with Crippen molar-refractivity contribution < 1.29 is 13.3 Å². The molecule has 0 saturated heterocycles. The average molecular weight is 390 g/mol. The van der Waals surface area contributed by atoms with E-state index in [4.69, 9.17) is 4.52 Å². The summed E-state index contributed by atoms with van der Waals surface area (Å²) in [5.74, 6) is -0.920. The lowest BCUT2D eigenvalue weighted by atomic mass is 9.73. The second-order valence-corrected chi connectivity index (χ2v) is 7.83. The van der Waals surface area contributed by atoms with E-state index in [0.717, 1.165) is 12.8 Å². The van der Waals surface area contributed by atoms with Crippen molar-refractivity contribution in [1.29, 1.82) is 0 Å². The maximum Gasteiger partial charge on any atom is 0.262 e. The minimum atomic E-state index is -2.61. The Balaban J connectivity index is 1.49. The van der Waals surface area contributed by atoms with E-state index in [1.807, 2.05) is 0 Å². The number of H-pyrrole nitrogens is 1. The third-order valence-electron chi connectivity index (χ3n) is 6.00. The van der Waals surface area contributed by atoms with Crippen LogP contribution in [0.2, 0.25) is 0 Å². The van der Waals surface area contributed by atoms with E-state index in [1.165, 1.54) is 6.20 Å². The molecule has 2 fully saturated rings. The predicted octanol–water partition coefficient (Wildman–Crippen LogP) is 3.22. The fraction of sp³-hybridized carbons (Fsp3) is 0.611. The Morgan fingerprint density at radius 3 is 2.57 bits per heavy atom. The summed E-state index contributed by atoms with van der Waals surface area (Å²) in [7, 11) is 0. The van der Waals surface area contributed by atoms with Crippen LogP contribution in [-0.2, 0) is 0 Å². The molecule has 3 aromatic rings. The molecule has 1 N–H and O–H groups in total. The van der Waals surface area contributed by atoms with Gasteiger partial charge in [-0.25, -0.2) is 18.4 Å². The van der Waals surface area contributed by atoms with Gasteiger partial charge in [0.2, 0.25) is 11.8 Å². The summed E-state index contributed by atoms with van der Waals surface area (Å²) in [5.41, 5.74) is 0.195. The second-order valence-electron chi connectivity index (χ2n) is 7.83. The van der Waals surface area contributed by atoms with Crippen LogP contribution in [0.25, 0.3) is 11.0 Å². The molecule has 3 heterocycles. The van der Waals surface area contributed by atoms with Gasteiger partial charge in [0.25, 0.3) is 5.56 Å². The van der Waals surface area contributed by atoms with Gasteiger partial charge in [0.05, 0.1) is 12.2 Å². The SMILES string of the molecule is Cc1noc([C@H]2CC[C@H]2c2nc3c(cnn3C3CCC(F)(F)CC3)c(=O)[nH]2)n1. The molecule has 2 aliphatic carbocycles. The Labute approximate surface area is 158 Å². The summed E-state index contributed by atoms with van der Waals surface area (Å²) in [5, 5.41) is 8.52. The number of aryl methyl sites for hydroxylation is 1. The highest BCUT2D eigenvalue weighted by Crippen LogP contribution is 2.47.